The Balaban J connectivity index is 0.00000192. The second-order valence-electron chi connectivity index (χ2n) is 5.17. The van der Waals surface area contributed by atoms with E-state index in [4.69, 9.17) is 14.9 Å². The Morgan fingerprint density at radius 2 is 2.09 bits per heavy atom. The summed E-state index contributed by atoms with van der Waals surface area (Å²) in [6.45, 7) is 1.64. The predicted molar refractivity (Wildman–Crippen MR) is 84.8 cm³/mol. The largest absolute Gasteiger partial charge is 0.467 e. The van der Waals surface area contributed by atoms with Gasteiger partial charge >= 0.3 is 0 Å². The second-order valence-corrected chi connectivity index (χ2v) is 5.17. The van der Waals surface area contributed by atoms with Crippen molar-refractivity contribution in [1.82, 2.24) is 4.90 Å². The van der Waals surface area contributed by atoms with Crippen molar-refractivity contribution in [1.29, 1.82) is 0 Å². The average Bonchev–Trinajstić information content (AvgIpc) is 3.04. The van der Waals surface area contributed by atoms with Gasteiger partial charge in [-0.1, -0.05) is 12.1 Å². The van der Waals surface area contributed by atoms with Crippen molar-refractivity contribution >= 4 is 18.3 Å². The topological polar surface area (TPSA) is 68.7 Å². The number of hydrogen-bond acceptors (Lipinski definition) is 4. The van der Waals surface area contributed by atoms with Crippen molar-refractivity contribution in [2.24, 2.45) is 5.73 Å². The predicted octanol–water partition coefficient (Wildman–Crippen LogP) is 2.51. The molecule has 1 unspecified atom stereocenters. The van der Waals surface area contributed by atoms with Gasteiger partial charge in [-0.3, -0.25) is 4.79 Å². The molecule has 0 bridgehead atoms. The lowest BCUT2D eigenvalue weighted by molar-refractivity contribution is -0.0228. The van der Waals surface area contributed by atoms with Crippen LogP contribution in [0.2, 0.25) is 0 Å². The van der Waals surface area contributed by atoms with Gasteiger partial charge in [0.2, 0.25) is 0 Å². The Morgan fingerprint density at radius 1 is 1.35 bits per heavy atom. The van der Waals surface area contributed by atoms with Gasteiger partial charge in [-0.15, -0.1) is 12.4 Å². The molecule has 1 aliphatic heterocycles. The van der Waals surface area contributed by atoms with E-state index >= 15 is 0 Å². The van der Waals surface area contributed by atoms with Crippen molar-refractivity contribution in [3.8, 4) is 0 Å². The van der Waals surface area contributed by atoms with Gasteiger partial charge in [0, 0.05) is 6.54 Å². The molecule has 1 saturated heterocycles. The molecule has 0 aliphatic carbocycles. The van der Waals surface area contributed by atoms with Crippen LogP contribution in [0.25, 0.3) is 0 Å². The summed E-state index contributed by atoms with van der Waals surface area (Å²) < 4.78 is 23.9. The SMILES string of the molecule is Cl.NCc1cc(C(=O)N2CCOC(c3ccc(F)cc3)C2)co1. The number of carbonyl (C=O) groups excluding carboxylic acids is 1. The Morgan fingerprint density at radius 3 is 2.74 bits per heavy atom. The van der Waals surface area contributed by atoms with Gasteiger partial charge in [-0.2, -0.15) is 0 Å². The van der Waals surface area contributed by atoms with E-state index in [1.54, 1.807) is 23.1 Å². The summed E-state index contributed by atoms with van der Waals surface area (Å²) in [5, 5.41) is 0. The number of amides is 1. The van der Waals surface area contributed by atoms with E-state index in [9.17, 15) is 9.18 Å². The molecule has 0 spiro atoms. The minimum Gasteiger partial charge on any atom is -0.467 e. The van der Waals surface area contributed by atoms with Crippen molar-refractivity contribution in [2.45, 2.75) is 12.6 Å². The van der Waals surface area contributed by atoms with Gasteiger partial charge in [0.15, 0.2) is 0 Å². The monoisotopic (exact) mass is 340 g/mol. The third-order valence-electron chi connectivity index (χ3n) is 3.70. The minimum atomic E-state index is -0.291. The van der Waals surface area contributed by atoms with Gasteiger partial charge in [-0.25, -0.2) is 4.39 Å². The van der Waals surface area contributed by atoms with E-state index in [0.29, 0.717) is 31.0 Å². The average molecular weight is 341 g/mol. The highest BCUT2D eigenvalue weighted by molar-refractivity contribution is 5.94. The number of nitrogens with zero attached hydrogens (tertiary/aromatic N) is 1. The number of nitrogens with two attached hydrogens (primary N) is 1. The van der Waals surface area contributed by atoms with Crippen molar-refractivity contribution in [2.75, 3.05) is 19.7 Å². The Hall–Kier alpha value is -1.89. The van der Waals surface area contributed by atoms with Crippen LogP contribution in [-0.4, -0.2) is 30.5 Å². The van der Waals surface area contributed by atoms with Crippen LogP contribution in [0, 0.1) is 5.82 Å². The molecule has 1 fully saturated rings. The Labute approximate surface area is 139 Å². The van der Waals surface area contributed by atoms with E-state index in [2.05, 4.69) is 0 Å². The molecule has 0 saturated carbocycles. The van der Waals surface area contributed by atoms with Crippen LogP contribution in [0.1, 0.15) is 27.8 Å². The molecule has 1 amide bonds. The van der Waals surface area contributed by atoms with Crippen LogP contribution >= 0.6 is 12.4 Å². The van der Waals surface area contributed by atoms with Crippen LogP contribution in [-0.2, 0) is 11.3 Å². The van der Waals surface area contributed by atoms with Crippen molar-refractivity contribution in [3.05, 3.63) is 59.3 Å². The van der Waals surface area contributed by atoms with Crippen LogP contribution in [0.5, 0.6) is 0 Å². The summed E-state index contributed by atoms with van der Waals surface area (Å²) in [4.78, 5) is 14.2. The number of ether oxygens (including phenoxy) is 1. The first kappa shape index (κ1) is 17.5. The fourth-order valence-electron chi connectivity index (χ4n) is 2.50. The number of rotatable bonds is 3. The first-order valence-corrected chi connectivity index (χ1v) is 7.11. The zero-order valence-electron chi connectivity index (χ0n) is 12.4. The summed E-state index contributed by atoms with van der Waals surface area (Å²) in [5.41, 5.74) is 6.82. The second kappa shape index (κ2) is 7.59. The van der Waals surface area contributed by atoms with E-state index in [1.807, 2.05) is 0 Å². The zero-order valence-corrected chi connectivity index (χ0v) is 13.2. The molecule has 1 aromatic heterocycles. The third-order valence-corrected chi connectivity index (χ3v) is 3.70. The zero-order chi connectivity index (χ0) is 15.5. The minimum absolute atomic E-state index is 0. The smallest absolute Gasteiger partial charge is 0.257 e. The van der Waals surface area contributed by atoms with Gasteiger partial charge in [-0.05, 0) is 23.8 Å². The highest BCUT2D eigenvalue weighted by Gasteiger charge is 2.27. The Bertz CT molecular complexity index is 660. The summed E-state index contributed by atoms with van der Waals surface area (Å²) in [6.07, 6.45) is 1.17. The third kappa shape index (κ3) is 3.90. The van der Waals surface area contributed by atoms with Gasteiger partial charge in [0.05, 0.1) is 25.3 Å². The molecule has 7 heteroatoms. The van der Waals surface area contributed by atoms with Crippen molar-refractivity contribution < 1.29 is 18.3 Å². The van der Waals surface area contributed by atoms with E-state index in [1.165, 1.54) is 18.4 Å². The quantitative estimate of drug-likeness (QED) is 0.932. The Kier molecular flexibility index (Phi) is 5.76. The molecule has 124 valence electrons. The van der Waals surface area contributed by atoms with Gasteiger partial charge in [0.1, 0.15) is 23.9 Å². The molecular weight excluding hydrogens is 323 g/mol. The summed E-state index contributed by atoms with van der Waals surface area (Å²) in [5.74, 6) is 0.172. The van der Waals surface area contributed by atoms with Gasteiger partial charge < -0.3 is 19.8 Å². The summed E-state index contributed by atoms with van der Waals surface area (Å²) >= 11 is 0. The number of benzene rings is 1. The number of halogens is 2. The first-order valence-electron chi connectivity index (χ1n) is 7.11. The summed E-state index contributed by atoms with van der Waals surface area (Å²) in [6, 6.07) is 7.80. The van der Waals surface area contributed by atoms with Crippen molar-refractivity contribution in [3.63, 3.8) is 0 Å². The van der Waals surface area contributed by atoms with Crippen LogP contribution in [0.3, 0.4) is 0 Å². The first-order chi connectivity index (χ1) is 10.7. The lowest BCUT2D eigenvalue weighted by atomic mass is 10.1. The molecule has 2 heterocycles. The highest BCUT2D eigenvalue weighted by Crippen LogP contribution is 2.24. The molecule has 1 aromatic carbocycles. The fraction of sp³-hybridized carbons (Fsp3) is 0.312. The maximum atomic E-state index is 13.0. The van der Waals surface area contributed by atoms with E-state index < -0.39 is 0 Å². The molecule has 1 aliphatic rings. The lowest BCUT2D eigenvalue weighted by Gasteiger charge is -2.33. The van der Waals surface area contributed by atoms with Crippen LogP contribution in [0.15, 0.2) is 41.0 Å². The normalized spacial score (nSPS) is 17.7. The highest BCUT2D eigenvalue weighted by atomic mass is 35.5. The van der Waals surface area contributed by atoms with Gasteiger partial charge in [0.25, 0.3) is 5.91 Å². The van der Waals surface area contributed by atoms with E-state index in [0.717, 1.165) is 5.56 Å². The number of furan rings is 1. The lowest BCUT2D eigenvalue weighted by Crippen LogP contribution is -2.42. The van der Waals surface area contributed by atoms with Crippen LogP contribution in [0.4, 0.5) is 4.39 Å². The van der Waals surface area contributed by atoms with E-state index in [-0.39, 0.29) is 36.8 Å². The summed E-state index contributed by atoms with van der Waals surface area (Å²) in [7, 11) is 0. The molecule has 2 aromatic rings. The molecule has 0 radical (unpaired) electrons. The molecule has 5 nitrogen and oxygen atoms in total. The van der Waals surface area contributed by atoms with Crippen LogP contribution < -0.4 is 5.73 Å². The standard InChI is InChI=1S/C16H17FN2O3.ClH/c17-13-3-1-11(2-4-13)15-9-19(5-6-21-15)16(20)12-7-14(8-18)22-10-12;/h1-4,7,10,15H,5-6,8-9,18H2;1H. The fourth-order valence-corrected chi connectivity index (χ4v) is 2.50. The number of carbonyl (C=O) groups is 1. The molecule has 3 rings (SSSR count). The number of morpholine rings is 1. The maximum absolute atomic E-state index is 13.0. The molecular formula is C16H18ClFN2O3. The molecule has 1 atom stereocenters. The molecule has 23 heavy (non-hydrogen) atoms. The molecule has 2 N–H and O–H groups in total. The number of hydrogen-bond donors (Lipinski definition) is 1. The maximum Gasteiger partial charge on any atom is 0.257 e.